The van der Waals surface area contributed by atoms with Crippen molar-refractivity contribution in [2.75, 3.05) is 18.1 Å². The lowest BCUT2D eigenvalue weighted by Gasteiger charge is -2.23. The summed E-state index contributed by atoms with van der Waals surface area (Å²) >= 11 is 6.11. The van der Waals surface area contributed by atoms with E-state index in [0.29, 0.717) is 11.8 Å². The highest BCUT2D eigenvalue weighted by Gasteiger charge is 2.19. The molecule has 0 unspecified atom stereocenters. The molecule has 0 radical (unpaired) electrons. The molecular formula is C15H16ClN3O. The molecule has 1 aromatic heterocycles. The first kappa shape index (κ1) is 13.2. The normalized spacial score (nSPS) is 14.4. The van der Waals surface area contributed by atoms with Gasteiger partial charge in [-0.05, 0) is 18.6 Å². The Morgan fingerprint density at radius 1 is 1.30 bits per heavy atom. The van der Waals surface area contributed by atoms with Gasteiger partial charge in [0, 0.05) is 19.0 Å². The van der Waals surface area contributed by atoms with Crippen molar-refractivity contribution < 1.29 is 4.74 Å². The van der Waals surface area contributed by atoms with Crippen LogP contribution in [0.4, 0.5) is 11.5 Å². The molecule has 20 heavy (non-hydrogen) atoms. The van der Waals surface area contributed by atoms with Crippen LogP contribution in [0, 0.1) is 0 Å². The van der Waals surface area contributed by atoms with Crippen molar-refractivity contribution in [1.82, 2.24) is 9.97 Å². The van der Waals surface area contributed by atoms with Crippen molar-refractivity contribution >= 4 is 23.1 Å². The van der Waals surface area contributed by atoms with E-state index in [1.165, 1.54) is 0 Å². The lowest BCUT2D eigenvalue weighted by Crippen LogP contribution is -2.19. The smallest absolute Gasteiger partial charge is 0.142 e. The van der Waals surface area contributed by atoms with E-state index in [-0.39, 0.29) is 0 Å². The van der Waals surface area contributed by atoms with E-state index in [2.05, 4.69) is 14.9 Å². The van der Waals surface area contributed by atoms with Gasteiger partial charge < -0.3 is 9.64 Å². The molecule has 0 amide bonds. The minimum absolute atomic E-state index is 0.481. The van der Waals surface area contributed by atoms with Gasteiger partial charge in [-0.15, -0.1) is 0 Å². The lowest BCUT2D eigenvalue weighted by molar-refractivity contribution is 0.322. The molecule has 1 aromatic carbocycles. The predicted octanol–water partition coefficient (Wildman–Crippen LogP) is 3.61. The average Bonchev–Trinajstić information content (AvgIpc) is 2.69. The number of rotatable bonds is 2. The number of anilines is 2. The van der Waals surface area contributed by atoms with Gasteiger partial charge in [-0.25, -0.2) is 9.97 Å². The maximum Gasteiger partial charge on any atom is 0.142 e. The molecule has 1 aliphatic heterocycles. The van der Waals surface area contributed by atoms with E-state index in [0.717, 1.165) is 42.5 Å². The first-order chi connectivity index (χ1) is 9.78. The number of aryl methyl sites for hydroxylation is 1. The van der Waals surface area contributed by atoms with Crippen LogP contribution in [0.25, 0.3) is 0 Å². The maximum absolute atomic E-state index is 6.11. The van der Waals surface area contributed by atoms with Gasteiger partial charge in [-0.1, -0.05) is 30.7 Å². The number of para-hydroxylation sites is 2. The molecule has 0 bridgehead atoms. The Bertz CT molecular complexity index is 618. The van der Waals surface area contributed by atoms with Crippen LogP contribution in [0.1, 0.15) is 19.2 Å². The molecule has 0 atom stereocenters. The number of nitrogens with zero attached hydrogens (tertiary/aromatic N) is 3. The fourth-order valence-electron chi connectivity index (χ4n) is 2.31. The Morgan fingerprint density at radius 3 is 3.00 bits per heavy atom. The lowest BCUT2D eigenvalue weighted by atomic mass is 10.2. The van der Waals surface area contributed by atoms with Gasteiger partial charge in [-0.2, -0.15) is 0 Å². The summed E-state index contributed by atoms with van der Waals surface area (Å²) in [6.45, 7) is 3.59. The van der Waals surface area contributed by atoms with Crippen molar-refractivity contribution in [3.05, 3.63) is 41.3 Å². The SMILES string of the molecule is CCc1nc(Cl)cc(N2CCCOc3ccccc32)n1. The van der Waals surface area contributed by atoms with Gasteiger partial charge in [0.2, 0.25) is 0 Å². The number of aromatic nitrogens is 2. The van der Waals surface area contributed by atoms with Gasteiger partial charge in [0.15, 0.2) is 0 Å². The predicted molar refractivity (Wildman–Crippen MR) is 80.0 cm³/mol. The topological polar surface area (TPSA) is 38.2 Å². The third-order valence-corrected chi connectivity index (χ3v) is 3.45. The number of halogens is 1. The van der Waals surface area contributed by atoms with Crippen LogP contribution >= 0.6 is 11.6 Å². The van der Waals surface area contributed by atoms with Gasteiger partial charge >= 0.3 is 0 Å². The minimum atomic E-state index is 0.481. The summed E-state index contributed by atoms with van der Waals surface area (Å²) in [7, 11) is 0. The van der Waals surface area contributed by atoms with Gasteiger partial charge in [0.25, 0.3) is 0 Å². The van der Waals surface area contributed by atoms with Crippen molar-refractivity contribution in [1.29, 1.82) is 0 Å². The average molecular weight is 290 g/mol. The number of benzene rings is 1. The second kappa shape index (κ2) is 5.67. The van der Waals surface area contributed by atoms with Crippen LogP contribution < -0.4 is 9.64 Å². The van der Waals surface area contributed by atoms with Crippen molar-refractivity contribution in [2.24, 2.45) is 0 Å². The molecule has 0 spiro atoms. The second-order valence-corrected chi connectivity index (χ2v) is 5.03. The molecule has 3 rings (SSSR count). The van der Waals surface area contributed by atoms with E-state index in [1.54, 1.807) is 0 Å². The summed E-state index contributed by atoms with van der Waals surface area (Å²) in [5.41, 5.74) is 1.03. The van der Waals surface area contributed by atoms with Crippen molar-refractivity contribution in [3.8, 4) is 5.75 Å². The first-order valence-corrected chi connectivity index (χ1v) is 7.18. The minimum Gasteiger partial charge on any atom is -0.491 e. The molecule has 5 heteroatoms. The van der Waals surface area contributed by atoms with E-state index < -0.39 is 0 Å². The Kier molecular flexibility index (Phi) is 3.74. The molecular weight excluding hydrogens is 274 g/mol. The monoisotopic (exact) mass is 289 g/mol. The zero-order valence-corrected chi connectivity index (χ0v) is 12.1. The van der Waals surface area contributed by atoms with Gasteiger partial charge in [0.05, 0.1) is 12.3 Å². The number of fused-ring (bicyclic) bond motifs is 1. The van der Waals surface area contributed by atoms with Crippen LogP contribution in [0.5, 0.6) is 5.75 Å². The molecule has 0 aliphatic carbocycles. The number of hydrogen-bond acceptors (Lipinski definition) is 4. The highest BCUT2D eigenvalue weighted by Crippen LogP contribution is 2.35. The molecule has 4 nitrogen and oxygen atoms in total. The third kappa shape index (κ3) is 2.56. The van der Waals surface area contributed by atoms with E-state index in [9.17, 15) is 0 Å². The van der Waals surface area contributed by atoms with E-state index in [1.807, 2.05) is 37.3 Å². The quantitative estimate of drug-likeness (QED) is 0.792. The summed E-state index contributed by atoms with van der Waals surface area (Å²) < 4.78 is 5.77. The highest BCUT2D eigenvalue weighted by atomic mass is 35.5. The highest BCUT2D eigenvalue weighted by molar-refractivity contribution is 6.29. The molecule has 0 fully saturated rings. The standard InChI is InChI=1S/C15H16ClN3O/c1-2-14-17-13(16)10-15(18-14)19-8-5-9-20-12-7-4-3-6-11(12)19/h3-4,6-7,10H,2,5,8-9H2,1H3. The first-order valence-electron chi connectivity index (χ1n) is 6.81. The Balaban J connectivity index is 2.07. The summed E-state index contributed by atoms with van der Waals surface area (Å²) in [6.07, 6.45) is 1.71. The van der Waals surface area contributed by atoms with E-state index >= 15 is 0 Å². The van der Waals surface area contributed by atoms with E-state index in [4.69, 9.17) is 16.3 Å². The molecule has 104 valence electrons. The molecule has 1 aliphatic rings. The molecule has 0 N–H and O–H groups in total. The molecule has 0 saturated carbocycles. The van der Waals surface area contributed by atoms with Crippen LogP contribution in [0.3, 0.4) is 0 Å². The summed E-state index contributed by atoms with van der Waals surface area (Å²) in [6, 6.07) is 9.82. The number of ether oxygens (including phenoxy) is 1. The summed E-state index contributed by atoms with van der Waals surface area (Å²) in [4.78, 5) is 11.0. The third-order valence-electron chi connectivity index (χ3n) is 3.26. The largest absolute Gasteiger partial charge is 0.491 e. The van der Waals surface area contributed by atoms with Crippen molar-refractivity contribution in [3.63, 3.8) is 0 Å². The fourth-order valence-corrected chi connectivity index (χ4v) is 2.51. The Labute approximate surface area is 123 Å². The number of hydrogen-bond donors (Lipinski definition) is 0. The van der Waals surface area contributed by atoms with Gasteiger partial charge in [0.1, 0.15) is 22.5 Å². The fraction of sp³-hybridized carbons (Fsp3) is 0.333. The second-order valence-electron chi connectivity index (χ2n) is 4.64. The summed E-state index contributed by atoms with van der Waals surface area (Å²) in [5.74, 6) is 2.48. The van der Waals surface area contributed by atoms with Crippen LogP contribution in [-0.2, 0) is 6.42 Å². The maximum atomic E-state index is 6.11. The Hall–Kier alpha value is -1.81. The Morgan fingerprint density at radius 2 is 2.15 bits per heavy atom. The van der Waals surface area contributed by atoms with Crippen LogP contribution in [0.15, 0.2) is 30.3 Å². The zero-order valence-electron chi connectivity index (χ0n) is 11.3. The van der Waals surface area contributed by atoms with Gasteiger partial charge in [-0.3, -0.25) is 0 Å². The molecule has 0 saturated heterocycles. The summed E-state index contributed by atoms with van der Waals surface area (Å²) in [5, 5.41) is 0.481. The molecule has 2 heterocycles. The van der Waals surface area contributed by atoms with Crippen LogP contribution in [-0.4, -0.2) is 23.1 Å². The van der Waals surface area contributed by atoms with Crippen molar-refractivity contribution in [2.45, 2.75) is 19.8 Å². The van der Waals surface area contributed by atoms with Crippen LogP contribution in [0.2, 0.25) is 5.15 Å². The zero-order chi connectivity index (χ0) is 13.9. The molecule has 2 aromatic rings.